The molecule has 2 aliphatic rings. The smallest absolute Gasteiger partial charge is 0.151 e. The van der Waals surface area contributed by atoms with Crippen LogP contribution in [0.15, 0.2) is 28.8 Å². The number of nitrogens with zero attached hydrogens (tertiary/aromatic N) is 4. The van der Waals surface area contributed by atoms with Gasteiger partial charge < -0.3 is 9.84 Å². The first-order valence-corrected chi connectivity index (χ1v) is 10.5. The molecule has 1 fully saturated rings. The summed E-state index contributed by atoms with van der Waals surface area (Å²) >= 11 is 6.22. The zero-order valence-corrected chi connectivity index (χ0v) is 16.7. The highest BCUT2D eigenvalue weighted by Gasteiger charge is 2.30. The molecule has 0 atom stereocenters. The van der Waals surface area contributed by atoms with Crippen molar-refractivity contribution in [2.24, 2.45) is 0 Å². The van der Waals surface area contributed by atoms with Crippen LogP contribution in [0.5, 0.6) is 0 Å². The summed E-state index contributed by atoms with van der Waals surface area (Å²) in [5, 5.41) is 17.6. The molecular formula is C21H24ClN5O. The van der Waals surface area contributed by atoms with Crippen molar-refractivity contribution in [1.82, 2.24) is 25.2 Å². The molecule has 7 heteroatoms. The second-order valence-electron chi connectivity index (χ2n) is 7.81. The molecule has 0 unspecified atom stereocenters. The van der Waals surface area contributed by atoms with Crippen LogP contribution in [0, 0.1) is 0 Å². The maximum absolute atomic E-state index is 6.22. The fourth-order valence-corrected chi connectivity index (χ4v) is 4.72. The third kappa shape index (κ3) is 3.14. The molecule has 0 saturated heterocycles. The van der Waals surface area contributed by atoms with Crippen molar-refractivity contribution in [1.29, 1.82) is 0 Å². The Morgan fingerprint density at radius 3 is 2.71 bits per heavy atom. The predicted octanol–water partition coefficient (Wildman–Crippen LogP) is 4.52. The fourth-order valence-electron chi connectivity index (χ4n) is 4.53. The lowest BCUT2D eigenvalue weighted by Gasteiger charge is -2.27. The van der Waals surface area contributed by atoms with Gasteiger partial charge >= 0.3 is 0 Å². The monoisotopic (exact) mass is 397 g/mol. The van der Waals surface area contributed by atoms with Crippen LogP contribution in [-0.2, 0) is 19.5 Å². The summed E-state index contributed by atoms with van der Waals surface area (Å²) in [6.07, 6.45) is 5.29. The van der Waals surface area contributed by atoms with E-state index in [1.165, 1.54) is 5.56 Å². The molecule has 0 bridgehead atoms. The highest BCUT2D eigenvalue weighted by molar-refractivity contribution is 6.30. The number of hydrogen-bond acceptors (Lipinski definition) is 5. The minimum Gasteiger partial charge on any atom is -0.361 e. The third-order valence-electron chi connectivity index (χ3n) is 6.07. The zero-order valence-electron chi connectivity index (χ0n) is 16.0. The first kappa shape index (κ1) is 17.9. The molecule has 28 heavy (non-hydrogen) atoms. The average Bonchev–Trinajstić information content (AvgIpc) is 3.32. The van der Waals surface area contributed by atoms with E-state index in [9.17, 15) is 0 Å². The molecule has 0 amide bonds. The maximum Gasteiger partial charge on any atom is 0.151 e. The summed E-state index contributed by atoms with van der Waals surface area (Å²) in [5.41, 5.74) is 3.45. The molecule has 3 heterocycles. The lowest BCUT2D eigenvalue weighted by molar-refractivity contribution is 0.344. The van der Waals surface area contributed by atoms with Crippen molar-refractivity contribution in [3.63, 3.8) is 0 Å². The zero-order chi connectivity index (χ0) is 19.1. The quantitative estimate of drug-likeness (QED) is 0.703. The second-order valence-corrected chi connectivity index (χ2v) is 8.24. The Morgan fingerprint density at radius 1 is 1.11 bits per heavy atom. The van der Waals surface area contributed by atoms with Crippen molar-refractivity contribution in [3.8, 4) is 5.69 Å². The van der Waals surface area contributed by atoms with Crippen molar-refractivity contribution >= 4 is 11.6 Å². The Kier molecular flexibility index (Phi) is 4.69. The van der Waals surface area contributed by atoms with E-state index in [-0.39, 0.29) is 0 Å². The molecule has 1 aromatic carbocycles. The Hall–Kier alpha value is -2.18. The Balaban J connectivity index is 1.41. The van der Waals surface area contributed by atoms with Gasteiger partial charge in [0.2, 0.25) is 0 Å². The van der Waals surface area contributed by atoms with E-state index >= 15 is 0 Å². The second kappa shape index (κ2) is 7.33. The van der Waals surface area contributed by atoms with E-state index < -0.39 is 0 Å². The summed E-state index contributed by atoms with van der Waals surface area (Å²) in [4.78, 5) is 0. The number of halogens is 1. The molecule has 6 nitrogen and oxygen atoms in total. The number of hydrogen-bond donors (Lipinski definition) is 1. The molecule has 1 saturated carbocycles. The van der Waals surface area contributed by atoms with Gasteiger partial charge in [0, 0.05) is 35.9 Å². The van der Waals surface area contributed by atoms with Crippen LogP contribution in [0.2, 0.25) is 5.02 Å². The SMILES string of the molecule is CCc1cc(C2CCC(c3nnc4n3-c3ccc(Cl)cc3CNC4)CC2)no1. The lowest BCUT2D eigenvalue weighted by Crippen LogP contribution is -2.17. The van der Waals surface area contributed by atoms with Crippen molar-refractivity contribution < 1.29 is 4.52 Å². The minimum atomic E-state index is 0.414. The normalized spacial score (nSPS) is 21.8. The summed E-state index contributed by atoms with van der Waals surface area (Å²) in [7, 11) is 0. The number of fused-ring (bicyclic) bond motifs is 3. The molecular weight excluding hydrogens is 374 g/mol. The van der Waals surface area contributed by atoms with Crippen molar-refractivity contribution in [2.45, 2.75) is 64.0 Å². The number of aryl methyl sites for hydroxylation is 1. The molecule has 2 aromatic heterocycles. The van der Waals surface area contributed by atoms with E-state index in [1.54, 1.807) is 0 Å². The van der Waals surface area contributed by atoms with Gasteiger partial charge in [-0.2, -0.15) is 0 Å². The van der Waals surface area contributed by atoms with Gasteiger partial charge in [-0.15, -0.1) is 10.2 Å². The highest BCUT2D eigenvalue weighted by Crippen LogP contribution is 2.41. The van der Waals surface area contributed by atoms with Crippen LogP contribution >= 0.6 is 11.6 Å². The van der Waals surface area contributed by atoms with E-state index in [2.05, 4.69) is 44.3 Å². The fraction of sp³-hybridized carbons (Fsp3) is 0.476. The number of nitrogens with one attached hydrogen (secondary N) is 1. The molecule has 1 aliphatic carbocycles. The van der Waals surface area contributed by atoms with Gasteiger partial charge in [0.15, 0.2) is 5.82 Å². The molecule has 0 spiro atoms. The topological polar surface area (TPSA) is 68.8 Å². The van der Waals surface area contributed by atoms with E-state index in [4.69, 9.17) is 16.1 Å². The van der Waals surface area contributed by atoms with E-state index in [1.807, 2.05) is 12.1 Å². The van der Waals surface area contributed by atoms with Crippen LogP contribution in [0.3, 0.4) is 0 Å². The van der Waals surface area contributed by atoms with Crippen LogP contribution < -0.4 is 5.32 Å². The van der Waals surface area contributed by atoms with E-state index in [0.29, 0.717) is 18.4 Å². The Bertz CT molecular complexity index is 987. The van der Waals surface area contributed by atoms with Gasteiger partial charge in [-0.1, -0.05) is 23.7 Å². The summed E-state index contributed by atoms with van der Waals surface area (Å²) in [5.74, 6) is 3.93. The predicted molar refractivity (Wildman–Crippen MR) is 107 cm³/mol. The highest BCUT2D eigenvalue weighted by atomic mass is 35.5. The average molecular weight is 398 g/mol. The van der Waals surface area contributed by atoms with Crippen LogP contribution in [0.1, 0.15) is 73.1 Å². The summed E-state index contributed by atoms with van der Waals surface area (Å²) < 4.78 is 7.66. The third-order valence-corrected chi connectivity index (χ3v) is 6.31. The van der Waals surface area contributed by atoms with Gasteiger partial charge in [0.25, 0.3) is 0 Å². The summed E-state index contributed by atoms with van der Waals surface area (Å²) in [6.45, 7) is 3.60. The molecule has 5 rings (SSSR count). The lowest BCUT2D eigenvalue weighted by atomic mass is 9.80. The molecule has 0 radical (unpaired) electrons. The van der Waals surface area contributed by atoms with Gasteiger partial charge in [-0.05, 0) is 49.4 Å². The molecule has 146 valence electrons. The minimum absolute atomic E-state index is 0.414. The van der Waals surface area contributed by atoms with Gasteiger partial charge in [0.1, 0.15) is 11.6 Å². The van der Waals surface area contributed by atoms with Crippen LogP contribution in [0.4, 0.5) is 0 Å². The molecule has 3 aromatic rings. The molecule has 1 aliphatic heterocycles. The Morgan fingerprint density at radius 2 is 1.93 bits per heavy atom. The first-order chi connectivity index (χ1) is 13.7. The van der Waals surface area contributed by atoms with Crippen LogP contribution in [-0.4, -0.2) is 19.9 Å². The standard InChI is InChI=1S/C21H24ClN5O/c1-2-17-10-18(26-28-17)13-3-5-14(6-4-13)21-25-24-20-12-23-11-15-9-16(22)7-8-19(15)27(20)21/h7-10,13-14,23H,2-6,11-12H2,1H3. The van der Waals surface area contributed by atoms with Gasteiger partial charge in [0.05, 0.1) is 17.9 Å². The van der Waals surface area contributed by atoms with Crippen LogP contribution in [0.25, 0.3) is 5.69 Å². The number of rotatable bonds is 3. The number of benzene rings is 1. The maximum atomic E-state index is 6.22. The summed E-state index contributed by atoms with van der Waals surface area (Å²) in [6, 6.07) is 8.20. The van der Waals surface area contributed by atoms with Crippen molar-refractivity contribution in [3.05, 3.63) is 58.0 Å². The largest absolute Gasteiger partial charge is 0.361 e. The Labute approximate surface area is 169 Å². The number of aromatic nitrogens is 4. The first-order valence-electron chi connectivity index (χ1n) is 10.1. The van der Waals surface area contributed by atoms with E-state index in [0.717, 1.165) is 72.5 Å². The molecule has 1 N–H and O–H groups in total. The van der Waals surface area contributed by atoms with Gasteiger partial charge in [-0.3, -0.25) is 4.57 Å². The van der Waals surface area contributed by atoms with Crippen molar-refractivity contribution in [2.75, 3.05) is 0 Å². The van der Waals surface area contributed by atoms with Gasteiger partial charge in [-0.25, -0.2) is 0 Å².